The third-order valence-corrected chi connectivity index (χ3v) is 5.50. The lowest BCUT2D eigenvalue weighted by molar-refractivity contribution is 0.0728. The molecule has 1 atom stereocenters. The van der Waals surface area contributed by atoms with Gasteiger partial charge in [-0.1, -0.05) is 12.1 Å². The highest BCUT2D eigenvalue weighted by atomic mass is 16.5. The summed E-state index contributed by atoms with van der Waals surface area (Å²) in [6.07, 6.45) is 6.48. The monoisotopic (exact) mass is 382 g/mol. The fraction of sp³-hybridized carbons (Fsp3) is 0.500. The van der Waals surface area contributed by atoms with Gasteiger partial charge < -0.3 is 14.5 Å². The Bertz CT molecular complexity index is 778. The maximum atomic E-state index is 12.7. The van der Waals surface area contributed by atoms with E-state index in [0.717, 1.165) is 44.0 Å². The number of carbonyl (C=O) groups is 1. The Morgan fingerprint density at radius 3 is 2.82 bits per heavy atom. The van der Waals surface area contributed by atoms with E-state index in [0.29, 0.717) is 11.5 Å². The van der Waals surface area contributed by atoms with Crippen molar-refractivity contribution in [1.82, 2.24) is 19.8 Å². The van der Waals surface area contributed by atoms with Crippen LogP contribution in [0.2, 0.25) is 0 Å². The van der Waals surface area contributed by atoms with Gasteiger partial charge >= 0.3 is 0 Å². The van der Waals surface area contributed by atoms with Crippen molar-refractivity contribution in [3.63, 3.8) is 0 Å². The molecule has 1 aliphatic heterocycles. The van der Waals surface area contributed by atoms with Crippen LogP contribution in [0.15, 0.2) is 36.8 Å². The minimum absolute atomic E-state index is 0.00783. The van der Waals surface area contributed by atoms with Crippen LogP contribution in [0, 0.1) is 12.8 Å². The van der Waals surface area contributed by atoms with E-state index in [1.54, 1.807) is 13.3 Å². The summed E-state index contributed by atoms with van der Waals surface area (Å²) in [6, 6.07) is 8.31. The number of nitrogens with zero attached hydrogens (tertiary/aromatic N) is 4. The van der Waals surface area contributed by atoms with Crippen LogP contribution in [0.25, 0.3) is 0 Å². The lowest BCUT2D eigenvalue weighted by atomic mass is 9.96. The van der Waals surface area contributed by atoms with Crippen LogP contribution in [-0.2, 0) is 6.42 Å². The van der Waals surface area contributed by atoms with Crippen molar-refractivity contribution in [1.29, 1.82) is 0 Å². The average molecular weight is 383 g/mol. The minimum Gasteiger partial charge on any atom is -0.497 e. The number of methoxy groups -OCH3 is 1. The van der Waals surface area contributed by atoms with Crippen molar-refractivity contribution in [2.75, 3.05) is 40.3 Å². The number of rotatable bonds is 7. The molecule has 28 heavy (non-hydrogen) atoms. The highest BCUT2D eigenvalue weighted by Crippen LogP contribution is 2.19. The summed E-state index contributed by atoms with van der Waals surface area (Å²) in [4.78, 5) is 25.2. The molecule has 1 fully saturated rings. The molecule has 0 saturated carbocycles. The molecule has 0 spiro atoms. The number of piperidine rings is 1. The van der Waals surface area contributed by atoms with E-state index in [2.05, 4.69) is 27.0 Å². The Morgan fingerprint density at radius 1 is 1.32 bits per heavy atom. The molecule has 1 unspecified atom stereocenters. The van der Waals surface area contributed by atoms with Crippen molar-refractivity contribution in [3.8, 4) is 5.75 Å². The quantitative estimate of drug-likeness (QED) is 0.737. The SMILES string of the molecule is COc1ccc(CCN2CCCC(CN(C)C(=O)c3cncnc3C)C2)cc1. The number of hydrogen-bond acceptors (Lipinski definition) is 5. The predicted molar refractivity (Wildman–Crippen MR) is 110 cm³/mol. The fourth-order valence-corrected chi connectivity index (χ4v) is 3.86. The largest absolute Gasteiger partial charge is 0.497 e. The molecule has 0 bridgehead atoms. The molecular weight excluding hydrogens is 352 g/mol. The van der Waals surface area contributed by atoms with Crippen molar-refractivity contribution in [2.45, 2.75) is 26.2 Å². The van der Waals surface area contributed by atoms with Gasteiger partial charge in [-0.05, 0) is 56.3 Å². The molecule has 2 heterocycles. The molecule has 3 rings (SSSR count). The van der Waals surface area contributed by atoms with Crippen LogP contribution < -0.4 is 4.74 Å². The van der Waals surface area contributed by atoms with Crippen molar-refractivity contribution in [3.05, 3.63) is 53.6 Å². The Hall–Kier alpha value is -2.47. The van der Waals surface area contributed by atoms with Gasteiger partial charge in [-0.15, -0.1) is 0 Å². The zero-order valence-corrected chi connectivity index (χ0v) is 17.1. The molecule has 6 heteroatoms. The van der Waals surface area contributed by atoms with E-state index in [9.17, 15) is 4.79 Å². The molecule has 1 amide bonds. The fourth-order valence-electron chi connectivity index (χ4n) is 3.86. The van der Waals surface area contributed by atoms with Gasteiger partial charge in [-0.3, -0.25) is 4.79 Å². The summed E-state index contributed by atoms with van der Waals surface area (Å²) in [6.45, 7) is 5.84. The first kappa shape index (κ1) is 20.3. The second kappa shape index (κ2) is 9.64. The number of amides is 1. The highest BCUT2D eigenvalue weighted by molar-refractivity contribution is 5.94. The topological polar surface area (TPSA) is 58.6 Å². The van der Waals surface area contributed by atoms with E-state index in [4.69, 9.17) is 4.74 Å². The number of carbonyl (C=O) groups excluding carboxylic acids is 1. The van der Waals surface area contributed by atoms with Gasteiger partial charge in [0.05, 0.1) is 18.4 Å². The van der Waals surface area contributed by atoms with Gasteiger partial charge in [0.25, 0.3) is 5.91 Å². The summed E-state index contributed by atoms with van der Waals surface area (Å²) < 4.78 is 5.22. The van der Waals surface area contributed by atoms with Crippen LogP contribution in [-0.4, -0.2) is 66.0 Å². The molecule has 0 radical (unpaired) electrons. The van der Waals surface area contributed by atoms with Gasteiger partial charge in [0.15, 0.2) is 0 Å². The van der Waals surface area contributed by atoms with Gasteiger partial charge in [0.1, 0.15) is 12.1 Å². The summed E-state index contributed by atoms with van der Waals surface area (Å²) in [5, 5.41) is 0. The summed E-state index contributed by atoms with van der Waals surface area (Å²) in [5.74, 6) is 1.41. The molecule has 1 aromatic heterocycles. The Kier molecular flexibility index (Phi) is 6.98. The Labute approximate surface area is 167 Å². The number of benzene rings is 1. The van der Waals surface area contributed by atoms with Crippen LogP contribution >= 0.6 is 0 Å². The Balaban J connectivity index is 1.50. The first-order valence-corrected chi connectivity index (χ1v) is 9.94. The molecule has 6 nitrogen and oxygen atoms in total. The van der Waals surface area contributed by atoms with Gasteiger partial charge in [0.2, 0.25) is 0 Å². The van der Waals surface area contributed by atoms with E-state index in [1.807, 2.05) is 31.0 Å². The van der Waals surface area contributed by atoms with E-state index < -0.39 is 0 Å². The summed E-state index contributed by atoms with van der Waals surface area (Å²) in [7, 11) is 3.57. The maximum Gasteiger partial charge on any atom is 0.257 e. The lowest BCUT2D eigenvalue weighted by Crippen LogP contribution is -2.42. The summed E-state index contributed by atoms with van der Waals surface area (Å²) >= 11 is 0. The molecule has 0 N–H and O–H groups in total. The molecule has 1 saturated heterocycles. The lowest BCUT2D eigenvalue weighted by Gasteiger charge is -2.34. The van der Waals surface area contributed by atoms with Crippen LogP contribution in [0.5, 0.6) is 5.75 Å². The molecule has 150 valence electrons. The molecule has 1 aliphatic rings. The van der Waals surface area contributed by atoms with Crippen molar-refractivity contribution >= 4 is 5.91 Å². The van der Waals surface area contributed by atoms with Crippen LogP contribution in [0.4, 0.5) is 0 Å². The third kappa shape index (κ3) is 5.29. The van der Waals surface area contributed by atoms with Gasteiger partial charge in [-0.25, -0.2) is 9.97 Å². The van der Waals surface area contributed by atoms with Crippen molar-refractivity contribution < 1.29 is 9.53 Å². The molecule has 1 aromatic carbocycles. The first-order chi connectivity index (χ1) is 13.6. The van der Waals surface area contributed by atoms with Gasteiger partial charge in [0, 0.05) is 32.9 Å². The minimum atomic E-state index is 0.00783. The average Bonchev–Trinajstić information content (AvgIpc) is 2.73. The number of hydrogen-bond donors (Lipinski definition) is 0. The number of ether oxygens (including phenoxy) is 1. The van der Waals surface area contributed by atoms with Crippen LogP contribution in [0.3, 0.4) is 0 Å². The van der Waals surface area contributed by atoms with Gasteiger partial charge in [-0.2, -0.15) is 0 Å². The summed E-state index contributed by atoms with van der Waals surface area (Å²) in [5.41, 5.74) is 2.66. The molecule has 2 aromatic rings. The normalized spacial score (nSPS) is 17.3. The number of likely N-dealkylation sites (tertiary alicyclic amines) is 1. The predicted octanol–water partition coefficient (Wildman–Crippen LogP) is 2.82. The number of aromatic nitrogens is 2. The van der Waals surface area contributed by atoms with E-state index in [-0.39, 0.29) is 5.91 Å². The van der Waals surface area contributed by atoms with E-state index >= 15 is 0 Å². The van der Waals surface area contributed by atoms with E-state index in [1.165, 1.54) is 24.7 Å². The number of aryl methyl sites for hydroxylation is 1. The van der Waals surface area contributed by atoms with Crippen molar-refractivity contribution in [2.24, 2.45) is 5.92 Å². The molecular formula is C22H30N4O2. The third-order valence-electron chi connectivity index (χ3n) is 5.50. The zero-order valence-electron chi connectivity index (χ0n) is 17.1. The maximum absolute atomic E-state index is 12.7. The smallest absolute Gasteiger partial charge is 0.257 e. The Morgan fingerprint density at radius 2 is 2.11 bits per heavy atom. The molecule has 0 aliphatic carbocycles. The second-order valence-electron chi connectivity index (χ2n) is 7.61. The first-order valence-electron chi connectivity index (χ1n) is 9.94. The highest BCUT2D eigenvalue weighted by Gasteiger charge is 2.24. The second-order valence-corrected chi connectivity index (χ2v) is 7.61. The van der Waals surface area contributed by atoms with Crippen LogP contribution in [0.1, 0.15) is 34.5 Å². The standard InChI is InChI=1S/C22H30N4O2/c1-17-21(13-23-16-24-17)22(27)25(2)14-19-5-4-11-26(15-19)12-10-18-6-8-20(28-3)9-7-18/h6-9,13,16,19H,4-5,10-12,14-15H2,1-3H3. The zero-order chi connectivity index (χ0) is 19.9.